The van der Waals surface area contributed by atoms with Crippen molar-refractivity contribution < 1.29 is 33.0 Å². The summed E-state index contributed by atoms with van der Waals surface area (Å²) in [6, 6.07) is -1.02. The van der Waals surface area contributed by atoms with Crippen LogP contribution in [0.4, 0.5) is 0 Å². The van der Waals surface area contributed by atoms with Gasteiger partial charge in [-0.3, -0.25) is 9.59 Å². The van der Waals surface area contributed by atoms with Gasteiger partial charge >= 0.3 is 11.9 Å². The minimum Gasteiger partial charge on any atom is -0.481 e. The summed E-state index contributed by atoms with van der Waals surface area (Å²) in [5, 5.41) is 19.5. The van der Waals surface area contributed by atoms with Gasteiger partial charge < -0.3 is 27.0 Å². The lowest BCUT2D eigenvalue weighted by Gasteiger charge is -2.28. The first-order valence-electron chi connectivity index (χ1n) is 7.54. The molecule has 0 aromatic rings. The molecule has 13 heteroatoms. The van der Waals surface area contributed by atoms with Gasteiger partial charge in [-0.2, -0.15) is 0 Å². The van der Waals surface area contributed by atoms with Gasteiger partial charge in [-0.15, -0.1) is 24.8 Å². The van der Waals surface area contributed by atoms with Gasteiger partial charge in [0.25, 0.3) is 0 Å². The van der Waals surface area contributed by atoms with Gasteiger partial charge in [0.2, 0.25) is 5.91 Å². The van der Waals surface area contributed by atoms with Crippen molar-refractivity contribution in [1.82, 2.24) is 5.32 Å². The molecule has 1 heterocycles. The van der Waals surface area contributed by atoms with E-state index in [1.165, 1.54) is 0 Å². The first kappa shape index (κ1) is 24.9. The number of hydrogen-bond donors (Lipinski definition) is 5. The fourth-order valence-electron chi connectivity index (χ4n) is 3.45. The predicted octanol–water partition coefficient (Wildman–Crippen LogP) is -1.65. The van der Waals surface area contributed by atoms with Crippen molar-refractivity contribution >= 4 is 52.5 Å². The normalized spacial score (nSPS) is 31.5. The molecule has 0 spiro atoms. The van der Waals surface area contributed by atoms with Gasteiger partial charge in [0.15, 0.2) is 15.4 Å². The highest BCUT2D eigenvalue weighted by atomic mass is 35.5. The lowest BCUT2D eigenvalue weighted by atomic mass is 9.93. The Morgan fingerprint density at radius 1 is 1.19 bits per heavy atom. The van der Waals surface area contributed by atoms with Crippen LogP contribution < -0.4 is 16.8 Å². The molecule has 0 aromatic carbocycles. The van der Waals surface area contributed by atoms with E-state index in [9.17, 15) is 27.9 Å². The van der Waals surface area contributed by atoms with Crippen LogP contribution in [0.2, 0.25) is 0 Å². The summed E-state index contributed by atoms with van der Waals surface area (Å²) in [5.74, 6) is -7.09. The largest absolute Gasteiger partial charge is 0.481 e. The number of carboxylic acid groups (broad SMARTS) is 2. The van der Waals surface area contributed by atoms with E-state index in [2.05, 4.69) is 5.32 Å². The number of fused-ring (bicyclic) bond motifs is 1. The van der Waals surface area contributed by atoms with Gasteiger partial charge in [-0.1, -0.05) is 6.42 Å². The fraction of sp³-hybridized carbons (Fsp3) is 0.769. The maximum absolute atomic E-state index is 12.2. The van der Waals surface area contributed by atoms with Crippen molar-refractivity contribution in [3.05, 3.63) is 0 Å². The number of halogens is 2. The third-order valence-corrected chi connectivity index (χ3v) is 6.96. The van der Waals surface area contributed by atoms with Crippen LogP contribution in [-0.4, -0.2) is 65.6 Å². The van der Waals surface area contributed by atoms with E-state index in [0.29, 0.717) is 19.4 Å². The van der Waals surface area contributed by atoms with E-state index in [0.717, 1.165) is 0 Å². The van der Waals surface area contributed by atoms with Gasteiger partial charge in [0.05, 0.1) is 23.0 Å². The van der Waals surface area contributed by atoms with Crippen LogP contribution in [0.15, 0.2) is 0 Å². The Kier molecular flexibility index (Phi) is 8.32. The summed E-state index contributed by atoms with van der Waals surface area (Å²) >= 11 is 0. The summed E-state index contributed by atoms with van der Waals surface area (Å²) in [7, 11) is -3.92. The van der Waals surface area contributed by atoms with Gasteiger partial charge in [-0.05, 0) is 19.4 Å². The molecule has 2 fully saturated rings. The molecule has 10 nitrogen and oxygen atoms in total. The van der Waals surface area contributed by atoms with Crippen molar-refractivity contribution in [2.45, 2.75) is 36.1 Å². The third kappa shape index (κ3) is 4.22. The average Bonchev–Trinajstić information content (AvgIpc) is 3.18. The van der Waals surface area contributed by atoms with Gasteiger partial charge in [0, 0.05) is 5.92 Å². The molecule has 0 unspecified atom stereocenters. The van der Waals surface area contributed by atoms with Crippen LogP contribution >= 0.6 is 24.8 Å². The molecule has 0 aromatic heterocycles. The van der Waals surface area contributed by atoms with E-state index in [1.807, 2.05) is 0 Å². The summed E-state index contributed by atoms with van der Waals surface area (Å²) < 4.78 is 24.2. The lowest BCUT2D eigenvalue weighted by Crippen LogP contribution is -2.61. The number of hydrogen-bond acceptors (Lipinski definition) is 7. The van der Waals surface area contributed by atoms with Crippen molar-refractivity contribution in [3.63, 3.8) is 0 Å². The molecular formula is C13H23Cl2N3O7S. The van der Waals surface area contributed by atoms with Crippen LogP contribution in [-0.2, 0) is 24.2 Å². The zero-order chi connectivity index (χ0) is 18.3. The number of carboxylic acids is 2. The summed E-state index contributed by atoms with van der Waals surface area (Å²) in [4.78, 5) is 35.0. The molecule has 1 aliphatic carbocycles. The Morgan fingerprint density at radius 3 is 2.19 bits per heavy atom. The summed E-state index contributed by atoms with van der Waals surface area (Å²) in [5.41, 5.74) is 8.90. The van der Waals surface area contributed by atoms with Crippen molar-refractivity contribution in [1.29, 1.82) is 0 Å². The highest BCUT2D eigenvalue weighted by molar-refractivity contribution is 7.92. The Hall–Kier alpha value is -1.14. The van der Waals surface area contributed by atoms with Crippen LogP contribution in [0, 0.1) is 11.8 Å². The van der Waals surface area contributed by atoms with E-state index in [4.69, 9.17) is 16.6 Å². The molecule has 7 N–H and O–H groups in total. The number of sulfone groups is 1. The Balaban J connectivity index is 0.00000312. The zero-order valence-electron chi connectivity index (χ0n) is 13.7. The topological polar surface area (TPSA) is 190 Å². The molecule has 2 aliphatic rings. The molecule has 152 valence electrons. The lowest BCUT2D eigenvalue weighted by molar-refractivity contribution is -0.148. The van der Waals surface area contributed by atoms with Crippen molar-refractivity contribution in [3.8, 4) is 0 Å². The molecule has 1 aliphatic heterocycles. The second kappa shape index (κ2) is 8.70. The number of aliphatic carboxylic acids is 2. The monoisotopic (exact) mass is 435 g/mol. The SMILES string of the molecule is Cl.Cl.NCCCC[C@H](N)C(=O)N[C@@]1(C(=O)O)CS(=O)(=O)[C@H]2[C@H](C(=O)O)[C@H]21. The van der Waals surface area contributed by atoms with E-state index in [1.54, 1.807) is 0 Å². The van der Waals surface area contributed by atoms with Gasteiger partial charge in [-0.25, -0.2) is 13.2 Å². The number of carbonyl (C=O) groups is 3. The maximum atomic E-state index is 12.2. The number of nitrogens with two attached hydrogens (primary N) is 2. The van der Waals surface area contributed by atoms with Crippen LogP contribution in [0.25, 0.3) is 0 Å². The average molecular weight is 436 g/mol. The first-order chi connectivity index (χ1) is 11.1. The highest BCUT2D eigenvalue weighted by Crippen LogP contribution is 2.57. The molecule has 2 rings (SSSR count). The van der Waals surface area contributed by atoms with E-state index >= 15 is 0 Å². The highest BCUT2D eigenvalue weighted by Gasteiger charge is 2.79. The van der Waals surface area contributed by atoms with Crippen LogP contribution in [0.1, 0.15) is 19.3 Å². The fourth-order valence-corrected chi connectivity index (χ4v) is 6.16. The molecule has 0 radical (unpaired) electrons. The number of unbranched alkanes of at least 4 members (excludes halogenated alkanes) is 1. The second-order valence-corrected chi connectivity index (χ2v) is 8.48. The van der Waals surface area contributed by atoms with Gasteiger partial charge in [0.1, 0.15) is 0 Å². The minimum absolute atomic E-state index is 0. The summed E-state index contributed by atoms with van der Waals surface area (Å²) in [6.07, 6.45) is 1.47. The number of rotatable bonds is 8. The number of nitrogens with one attached hydrogen (secondary N) is 1. The Morgan fingerprint density at radius 2 is 1.77 bits per heavy atom. The number of amides is 1. The van der Waals surface area contributed by atoms with E-state index < -0.39 is 62.1 Å². The molecule has 1 amide bonds. The van der Waals surface area contributed by atoms with Crippen LogP contribution in [0.3, 0.4) is 0 Å². The quantitative estimate of drug-likeness (QED) is 0.278. The molecule has 5 atom stereocenters. The summed E-state index contributed by atoms with van der Waals surface area (Å²) in [6.45, 7) is 0.426. The molecule has 26 heavy (non-hydrogen) atoms. The van der Waals surface area contributed by atoms with Crippen molar-refractivity contribution in [2.75, 3.05) is 12.3 Å². The molecule has 1 saturated carbocycles. The third-order valence-electron chi connectivity index (χ3n) is 4.69. The number of carbonyl (C=O) groups excluding carboxylic acids is 1. The smallest absolute Gasteiger partial charge is 0.330 e. The zero-order valence-corrected chi connectivity index (χ0v) is 16.1. The first-order valence-corrected chi connectivity index (χ1v) is 9.25. The predicted molar refractivity (Wildman–Crippen MR) is 96.1 cm³/mol. The Labute approximate surface area is 162 Å². The Bertz CT molecular complexity index is 675. The van der Waals surface area contributed by atoms with Crippen molar-refractivity contribution in [2.24, 2.45) is 23.3 Å². The standard InChI is InChI=1S/C13H21N3O7S.2ClH/c14-4-2-1-3-6(15)10(17)16-13(12(20)21)5-24(22,23)9-7(8(9)13)11(18)19;;/h6-9H,1-5,14-15H2,(H,16,17)(H,18,19)(H,20,21);2*1H/t6-,7+,8+,9-,13-;;/m0../s1. The molecular weight excluding hydrogens is 413 g/mol. The molecule has 1 saturated heterocycles. The second-order valence-electron chi connectivity index (χ2n) is 6.32. The minimum atomic E-state index is -3.92. The molecule has 0 bridgehead atoms. The van der Waals surface area contributed by atoms with Crippen LogP contribution in [0.5, 0.6) is 0 Å². The van der Waals surface area contributed by atoms with E-state index in [-0.39, 0.29) is 31.2 Å². The maximum Gasteiger partial charge on any atom is 0.330 e.